The number of pyridine rings is 1. The fraction of sp³-hybridized carbons (Fsp3) is 0.500. The number of hydrogen-bond donors (Lipinski definition) is 1. The largest absolute Gasteiger partial charge is 0.465 e. The molecule has 21 heavy (non-hydrogen) atoms. The van der Waals surface area contributed by atoms with Gasteiger partial charge >= 0.3 is 12.1 Å². The Morgan fingerprint density at radius 1 is 1.38 bits per heavy atom. The Bertz CT molecular complexity index is 503. The Hall–Kier alpha value is -2.15. The molecule has 1 atom stereocenters. The van der Waals surface area contributed by atoms with E-state index in [1.54, 1.807) is 6.07 Å². The van der Waals surface area contributed by atoms with Crippen LogP contribution in [0.15, 0.2) is 18.3 Å². The number of carbonyl (C=O) groups is 2. The second-order valence-corrected chi connectivity index (χ2v) is 4.89. The summed E-state index contributed by atoms with van der Waals surface area (Å²) in [7, 11) is 2.70. The molecule has 1 amide bonds. The number of amides is 1. The van der Waals surface area contributed by atoms with Gasteiger partial charge in [-0.25, -0.2) is 9.59 Å². The second kappa shape index (κ2) is 7.03. The van der Waals surface area contributed by atoms with Crippen LogP contribution in [0.3, 0.4) is 0 Å². The van der Waals surface area contributed by atoms with E-state index in [4.69, 9.17) is 0 Å². The van der Waals surface area contributed by atoms with E-state index in [0.717, 1.165) is 25.2 Å². The Morgan fingerprint density at radius 3 is 2.81 bits per heavy atom. The van der Waals surface area contributed by atoms with Gasteiger partial charge < -0.3 is 14.8 Å². The first-order chi connectivity index (χ1) is 10.1. The lowest BCUT2D eigenvalue weighted by Gasteiger charge is -2.16. The average molecular weight is 293 g/mol. The van der Waals surface area contributed by atoms with Crippen molar-refractivity contribution in [3.05, 3.63) is 29.6 Å². The summed E-state index contributed by atoms with van der Waals surface area (Å²) in [5.74, 6) is -0.391. The van der Waals surface area contributed by atoms with Crippen LogP contribution in [0.5, 0.6) is 0 Å². The quantitative estimate of drug-likeness (QED) is 0.827. The zero-order valence-electron chi connectivity index (χ0n) is 12.2. The fourth-order valence-electron chi connectivity index (χ4n) is 2.31. The van der Waals surface area contributed by atoms with Gasteiger partial charge in [0.1, 0.15) is 0 Å². The van der Waals surface area contributed by atoms with Gasteiger partial charge in [0.25, 0.3) is 0 Å². The summed E-state index contributed by atoms with van der Waals surface area (Å²) in [5.41, 5.74) is 1.31. The van der Waals surface area contributed by atoms with Crippen molar-refractivity contribution in [1.29, 1.82) is 0 Å². The lowest BCUT2D eigenvalue weighted by molar-refractivity contribution is 0.0600. The van der Waals surface area contributed by atoms with Crippen molar-refractivity contribution in [2.24, 2.45) is 0 Å². The molecule has 2 heterocycles. The maximum absolute atomic E-state index is 11.3. The number of esters is 1. The van der Waals surface area contributed by atoms with Crippen LogP contribution in [-0.4, -0.2) is 55.3 Å². The summed E-state index contributed by atoms with van der Waals surface area (Å²) in [4.78, 5) is 28.9. The molecule has 1 saturated heterocycles. The van der Waals surface area contributed by atoms with Gasteiger partial charge in [-0.15, -0.1) is 0 Å². The van der Waals surface area contributed by atoms with Crippen LogP contribution >= 0.6 is 0 Å². The molecular formula is C14H19N3O4. The summed E-state index contributed by atoms with van der Waals surface area (Å²) in [6, 6.07) is 3.62. The molecule has 1 unspecified atom stereocenters. The van der Waals surface area contributed by atoms with Crippen LogP contribution in [0.4, 0.5) is 4.79 Å². The minimum Gasteiger partial charge on any atom is -0.465 e. The smallest absolute Gasteiger partial charge is 0.407 e. The lowest BCUT2D eigenvalue weighted by atomic mass is 10.2. The molecular weight excluding hydrogens is 274 g/mol. The first-order valence-electron chi connectivity index (χ1n) is 6.72. The van der Waals surface area contributed by atoms with Crippen molar-refractivity contribution in [3.63, 3.8) is 0 Å². The van der Waals surface area contributed by atoms with Crippen LogP contribution in [-0.2, 0) is 16.0 Å². The molecule has 2 rings (SSSR count). The summed E-state index contributed by atoms with van der Waals surface area (Å²) in [6.07, 6.45) is 2.00. The molecule has 0 spiro atoms. The molecule has 7 nitrogen and oxygen atoms in total. The third-order valence-electron chi connectivity index (χ3n) is 3.41. The number of rotatable bonds is 4. The Balaban J connectivity index is 1.85. The zero-order chi connectivity index (χ0) is 15.2. The number of hydrogen-bond acceptors (Lipinski definition) is 6. The van der Waals surface area contributed by atoms with Gasteiger partial charge in [0.05, 0.1) is 25.5 Å². The van der Waals surface area contributed by atoms with E-state index in [0.29, 0.717) is 12.1 Å². The molecule has 1 aromatic rings. The van der Waals surface area contributed by atoms with E-state index in [1.807, 2.05) is 6.07 Å². The number of likely N-dealkylation sites (tertiary alicyclic amines) is 1. The van der Waals surface area contributed by atoms with Crippen LogP contribution < -0.4 is 5.32 Å². The highest BCUT2D eigenvalue weighted by Gasteiger charge is 2.24. The Labute approximate surface area is 123 Å². The third-order valence-corrected chi connectivity index (χ3v) is 3.41. The molecule has 0 saturated carbocycles. The highest BCUT2D eigenvalue weighted by atomic mass is 16.5. The first kappa shape index (κ1) is 15.2. The molecule has 1 aliphatic heterocycles. The van der Waals surface area contributed by atoms with E-state index in [2.05, 4.69) is 24.7 Å². The topological polar surface area (TPSA) is 80.8 Å². The van der Waals surface area contributed by atoms with Crippen LogP contribution in [0.25, 0.3) is 0 Å². The number of aromatic nitrogens is 1. The normalized spacial score (nSPS) is 18.3. The lowest BCUT2D eigenvalue weighted by Crippen LogP contribution is -2.36. The maximum Gasteiger partial charge on any atom is 0.407 e. The molecule has 0 aromatic carbocycles. The molecule has 0 aliphatic carbocycles. The predicted molar refractivity (Wildman–Crippen MR) is 74.8 cm³/mol. The molecule has 0 radical (unpaired) electrons. The van der Waals surface area contributed by atoms with Crippen LogP contribution in [0.2, 0.25) is 0 Å². The molecule has 1 N–H and O–H groups in total. The first-order valence-corrected chi connectivity index (χ1v) is 6.72. The summed E-state index contributed by atoms with van der Waals surface area (Å²) >= 11 is 0. The molecule has 7 heteroatoms. The summed E-state index contributed by atoms with van der Waals surface area (Å²) in [5, 5.41) is 2.79. The Morgan fingerprint density at radius 2 is 2.19 bits per heavy atom. The van der Waals surface area contributed by atoms with Gasteiger partial charge in [-0.1, -0.05) is 0 Å². The Kier molecular flexibility index (Phi) is 5.10. The van der Waals surface area contributed by atoms with Gasteiger partial charge in [-0.05, 0) is 18.6 Å². The van der Waals surface area contributed by atoms with Crippen molar-refractivity contribution in [1.82, 2.24) is 15.2 Å². The molecule has 1 aliphatic rings. The summed E-state index contributed by atoms with van der Waals surface area (Å²) < 4.78 is 9.22. The van der Waals surface area contributed by atoms with Gasteiger partial charge in [-0.3, -0.25) is 9.88 Å². The van der Waals surface area contributed by atoms with E-state index >= 15 is 0 Å². The van der Waals surface area contributed by atoms with Gasteiger partial charge in [-0.2, -0.15) is 0 Å². The van der Waals surface area contributed by atoms with Crippen LogP contribution in [0, 0.1) is 0 Å². The van der Waals surface area contributed by atoms with Crippen molar-refractivity contribution < 1.29 is 19.1 Å². The standard InChI is InChI=1S/C14H19N3O4/c1-20-13(18)10-3-4-11(15-7-10)8-17-6-5-12(9-17)16-14(19)21-2/h3-4,7,12H,5-6,8-9H2,1-2H3,(H,16,19). The number of methoxy groups -OCH3 is 2. The molecule has 114 valence electrons. The van der Waals surface area contributed by atoms with E-state index in [1.165, 1.54) is 20.4 Å². The van der Waals surface area contributed by atoms with E-state index < -0.39 is 12.1 Å². The monoisotopic (exact) mass is 293 g/mol. The maximum atomic E-state index is 11.3. The number of carbonyl (C=O) groups excluding carboxylic acids is 2. The minimum atomic E-state index is -0.401. The van der Waals surface area contributed by atoms with E-state index in [9.17, 15) is 9.59 Å². The van der Waals surface area contributed by atoms with Crippen molar-refractivity contribution in [2.45, 2.75) is 19.0 Å². The highest BCUT2D eigenvalue weighted by molar-refractivity contribution is 5.88. The SMILES string of the molecule is COC(=O)NC1CCN(Cc2ccc(C(=O)OC)cn2)C1. The molecule has 1 fully saturated rings. The minimum absolute atomic E-state index is 0.104. The summed E-state index contributed by atoms with van der Waals surface area (Å²) in [6.45, 7) is 2.32. The third kappa shape index (κ3) is 4.16. The highest BCUT2D eigenvalue weighted by Crippen LogP contribution is 2.13. The number of alkyl carbamates (subject to hydrolysis) is 1. The molecule has 1 aromatic heterocycles. The van der Waals surface area contributed by atoms with Gasteiger partial charge in [0.15, 0.2) is 0 Å². The van der Waals surface area contributed by atoms with E-state index in [-0.39, 0.29) is 6.04 Å². The van der Waals surface area contributed by atoms with Gasteiger partial charge in [0, 0.05) is 31.9 Å². The fourth-order valence-corrected chi connectivity index (χ4v) is 2.31. The second-order valence-electron chi connectivity index (χ2n) is 4.89. The predicted octanol–water partition coefficient (Wildman–Crippen LogP) is 0.798. The van der Waals surface area contributed by atoms with Crippen molar-refractivity contribution >= 4 is 12.1 Å². The number of ether oxygens (including phenoxy) is 2. The molecule has 0 bridgehead atoms. The average Bonchev–Trinajstić information content (AvgIpc) is 2.94. The van der Waals surface area contributed by atoms with Crippen LogP contribution in [0.1, 0.15) is 22.5 Å². The van der Waals surface area contributed by atoms with Crippen molar-refractivity contribution in [3.8, 4) is 0 Å². The van der Waals surface area contributed by atoms with Gasteiger partial charge in [0.2, 0.25) is 0 Å². The zero-order valence-corrected chi connectivity index (χ0v) is 12.2. The van der Waals surface area contributed by atoms with Crippen molar-refractivity contribution in [2.75, 3.05) is 27.3 Å². The number of nitrogens with one attached hydrogen (secondary N) is 1. The number of nitrogens with zero attached hydrogens (tertiary/aromatic N) is 2.